The van der Waals surface area contributed by atoms with Crippen molar-refractivity contribution in [3.05, 3.63) is 0 Å². The van der Waals surface area contributed by atoms with E-state index in [4.69, 9.17) is 10.0 Å². The molecule has 0 fully saturated rings. The number of hydrogen-bond acceptors (Lipinski definition) is 7. The summed E-state index contributed by atoms with van der Waals surface area (Å²) in [5, 5.41) is 16.2. The fraction of sp³-hybridized carbons (Fsp3) is 0.600. The van der Waals surface area contributed by atoms with Crippen molar-refractivity contribution in [3.8, 4) is 0 Å². The molecule has 0 radical (unpaired) electrons. The Morgan fingerprint density at radius 3 is 2.29 bits per heavy atom. The van der Waals surface area contributed by atoms with Crippen molar-refractivity contribution in [1.82, 2.24) is 0 Å². The van der Waals surface area contributed by atoms with Crippen LogP contribution in [0, 0.1) is 0 Å². The summed E-state index contributed by atoms with van der Waals surface area (Å²) in [5.74, 6) is -2.84. The zero-order valence-electron chi connectivity index (χ0n) is 6.93. The predicted octanol–water partition coefficient (Wildman–Crippen LogP) is -2.61. The number of ether oxygens (including phenoxy) is 2. The fourth-order valence-electron chi connectivity index (χ4n) is 0.381. The van der Waals surface area contributed by atoms with Gasteiger partial charge in [0.2, 0.25) is 0 Å². The minimum atomic E-state index is -2.33. The summed E-state index contributed by atoms with van der Waals surface area (Å²) >= 11 is 0. The summed E-state index contributed by atoms with van der Waals surface area (Å²) in [6.45, 7) is 1.61. The van der Waals surface area contributed by atoms with E-state index in [1.165, 1.54) is 0 Å². The molecule has 0 aromatic heterocycles. The van der Waals surface area contributed by atoms with E-state index >= 15 is 0 Å². The van der Waals surface area contributed by atoms with Gasteiger partial charge in [-0.2, -0.15) is 0 Å². The van der Waals surface area contributed by atoms with Crippen LogP contribution in [0.5, 0.6) is 0 Å². The van der Waals surface area contributed by atoms with Crippen molar-refractivity contribution in [1.29, 1.82) is 0 Å². The van der Waals surface area contributed by atoms with E-state index in [1.807, 2.05) is 0 Å². The minimum absolute atomic E-state index is 0. The second-order valence-corrected chi connectivity index (χ2v) is 1.77. The Labute approximate surface area is 92.7 Å². The van der Waals surface area contributed by atoms with Gasteiger partial charge in [0.25, 0.3) is 0 Å². The standard InChI is InChI=1S/C5H9BO7.Li.H/c1-2-11-3-12-4(7)5(8)13-6(9)10;;/h9-10H,2-3H2,1H3;;. The SMILES string of the molecule is CCOCOC(=O)C(=O)OB(O)O.[LiH]. The molecule has 0 amide bonds. The molecule has 0 bridgehead atoms. The molecule has 0 saturated heterocycles. The van der Waals surface area contributed by atoms with Crippen LogP contribution in [0.25, 0.3) is 0 Å². The number of carbonyl (C=O) groups excluding carboxylic acids is 2. The molecule has 0 rings (SSSR count). The molecular weight excluding hydrogens is 190 g/mol. The van der Waals surface area contributed by atoms with Crippen molar-refractivity contribution >= 4 is 38.1 Å². The Balaban J connectivity index is 0. The van der Waals surface area contributed by atoms with Crippen LogP contribution in [-0.2, 0) is 23.7 Å². The summed E-state index contributed by atoms with van der Waals surface area (Å²) in [5.41, 5.74) is 0. The second kappa shape index (κ2) is 9.05. The van der Waals surface area contributed by atoms with Crippen LogP contribution >= 0.6 is 0 Å². The molecule has 9 heteroatoms. The van der Waals surface area contributed by atoms with Gasteiger partial charge in [0.1, 0.15) is 0 Å². The molecule has 0 unspecified atom stereocenters. The van der Waals surface area contributed by atoms with E-state index in [2.05, 4.69) is 14.1 Å². The molecule has 2 N–H and O–H groups in total. The van der Waals surface area contributed by atoms with Gasteiger partial charge in [-0.15, -0.1) is 0 Å². The number of rotatable bonds is 4. The Morgan fingerprint density at radius 2 is 1.86 bits per heavy atom. The quantitative estimate of drug-likeness (QED) is 0.168. The molecule has 7 nitrogen and oxygen atoms in total. The Hall–Kier alpha value is -0.518. The number of esters is 1. The van der Waals surface area contributed by atoms with Crippen LogP contribution in [0.2, 0.25) is 0 Å². The first-order valence-corrected chi connectivity index (χ1v) is 3.39. The zero-order valence-corrected chi connectivity index (χ0v) is 6.93. The van der Waals surface area contributed by atoms with Gasteiger partial charge in [-0.1, -0.05) is 0 Å². The first-order chi connectivity index (χ1) is 6.07. The summed E-state index contributed by atoms with van der Waals surface area (Å²) in [4.78, 5) is 21.0. The summed E-state index contributed by atoms with van der Waals surface area (Å²) in [6.07, 6.45) is 0. The Morgan fingerprint density at radius 1 is 1.29 bits per heavy atom. The van der Waals surface area contributed by atoms with Gasteiger partial charge in [-0.3, -0.25) is 0 Å². The van der Waals surface area contributed by atoms with E-state index < -0.39 is 19.3 Å². The van der Waals surface area contributed by atoms with Crippen LogP contribution in [0.15, 0.2) is 0 Å². The molecule has 0 saturated carbocycles. The molecule has 76 valence electrons. The van der Waals surface area contributed by atoms with E-state index in [0.717, 1.165) is 0 Å². The molecule has 0 aliphatic rings. The van der Waals surface area contributed by atoms with Crippen LogP contribution in [0.1, 0.15) is 6.92 Å². The molecule has 0 atom stereocenters. The maximum atomic E-state index is 10.6. The van der Waals surface area contributed by atoms with Gasteiger partial charge in [0, 0.05) is 6.61 Å². The van der Waals surface area contributed by atoms with E-state index in [0.29, 0.717) is 6.61 Å². The molecule has 14 heavy (non-hydrogen) atoms. The second-order valence-electron chi connectivity index (χ2n) is 1.77. The third kappa shape index (κ3) is 8.10. The van der Waals surface area contributed by atoms with Gasteiger partial charge < -0.3 is 24.2 Å². The molecule has 0 aliphatic heterocycles. The first-order valence-electron chi connectivity index (χ1n) is 3.39. The van der Waals surface area contributed by atoms with Crippen LogP contribution in [-0.4, -0.2) is 61.6 Å². The third-order valence-corrected chi connectivity index (χ3v) is 0.857. The average Bonchev–Trinajstić information content (AvgIpc) is 2.03. The normalized spacial score (nSPS) is 8.50. The molecule has 0 heterocycles. The van der Waals surface area contributed by atoms with Crippen molar-refractivity contribution in [2.24, 2.45) is 0 Å². The Bertz CT molecular complexity index is 185. The summed E-state index contributed by atoms with van der Waals surface area (Å²) in [7, 11) is -2.33. The molecule has 0 aliphatic carbocycles. The van der Waals surface area contributed by atoms with E-state index in [1.54, 1.807) is 6.92 Å². The fourth-order valence-corrected chi connectivity index (χ4v) is 0.381. The molecule has 0 spiro atoms. The molecular formula is C5H10BLiO7. The van der Waals surface area contributed by atoms with Crippen molar-refractivity contribution in [2.75, 3.05) is 13.4 Å². The number of hydrogen-bond donors (Lipinski definition) is 2. The van der Waals surface area contributed by atoms with Gasteiger partial charge in [-0.05, 0) is 6.92 Å². The van der Waals surface area contributed by atoms with E-state index in [9.17, 15) is 9.59 Å². The van der Waals surface area contributed by atoms with Gasteiger partial charge in [0.15, 0.2) is 6.79 Å². The van der Waals surface area contributed by atoms with Gasteiger partial charge in [0.05, 0.1) is 0 Å². The number of carbonyl (C=O) groups is 2. The maximum absolute atomic E-state index is 10.6. The van der Waals surface area contributed by atoms with Crippen molar-refractivity contribution in [2.45, 2.75) is 6.92 Å². The van der Waals surface area contributed by atoms with E-state index in [-0.39, 0.29) is 25.7 Å². The molecule has 0 aromatic carbocycles. The van der Waals surface area contributed by atoms with Crippen LogP contribution in [0.4, 0.5) is 0 Å². The van der Waals surface area contributed by atoms with Crippen molar-refractivity contribution < 1.29 is 33.8 Å². The Kier molecular flexibility index (Phi) is 10.3. The monoisotopic (exact) mass is 200 g/mol. The predicted molar refractivity (Wildman–Crippen MR) is 46.0 cm³/mol. The third-order valence-electron chi connectivity index (χ3n) is 0.857. The van der Waals surface area contributed by atoms with Crippen LogP contribution < -0.4 is 0 Å². The van der Waals surface area contributed by atoms with Gasteiger partial charge in [-0.25, -0.2) is 9.59 Å². The summed E-state index contributed by atoms with van der Waals surface area (Å²) < 4.78 is 12.5. The zero-order chi connectivity index (χ0) is 10.3. The molecule has 0 aromatic rings. The summed E-state index contributed by atoms with van der Waals surface area (Å²) in [6, 6.07) is 0. The van der Waals surface area contributed by atoms with Crippen LogP contribution in [0.3, 0.4) is 0 Å². The van der Waals surface area contributed by atoms with Gasteiger partial charge >= 0.3 is 38.1 Å². The average molecular weight is 200 g/mol. The first kappa shape index (κ1) is 15.9. The topological polar surface area (TPSA) is 102 Å². The van der Waals surface area contributed by atoms with Crippen molar-refractivity contribution in [3.63, 3.8) is 0 Å².